The molecule has 2 aliphatic rings. The number of carbonyl (C=O) groups excluding carboxylic acids is 5. The van der Waals surface area contributed by atoms with Crippen LogP contribution in [0.5, 0.6) is 0 Å². The molecule has 0 saturated carbocycles. The van der Waals surface area contributed by atoms with E-state index in [-0.39, 0.29) is 74.3 Å². The quantitative estimate of drug-likeness (QED) is 0.0245. The van der Waals surface area contributed by atoms with Crippen LogP contribution in [0, 0.1) is 6.92 Å². The molecule has 1 fully saturated rings. The average Bonchev–Trinajstić information content (AvgIpc) is 4.15. The normalized spacial score (nSPS) is 15.8. The number of nitrogens with one attached hydrogen (secondary N) is 3. The molecular formula is C51H60N11O9PS. The van der Waals surface area contributed by atoms with E-state index in [1.54, 1.807) is 35.5 Å². The molecule has 22 heteroatoms. The number of anilines is 2. The number of fused-ring (bicyclic) bond motifs is 6. The van der Waals surface area contributed by atoms with Gasteiger partial charge in [0.2, 0.25) is 23.6 Å². The van der Waals surface area contributed by atoms with Gasteiger partial charge in [-0.05, 0) is 92.6 Å². The van der Waals surface area contributed by atoms with E-state index in [9.17, 15) is 33.4 Å². The highest BCUT2D eigenvalue weighted by Gasteiger charge is 2.31. The van der Waals surface area contributed by atoms with Gasteiger partial charge in [0.25, 0.3) is 0 Å². The van der Waals surface area contributed by atoms with Gasteiger partial charge in [-0.15, -0.1) is 5.10 Å². The zero-order valence-electron chi connectivity index (χ0n) is 40.7. The maximum absolute atomic E-state index is 13.8. The number of amides is 4. The molecule has 0 spiro atoms. The van der Waals surface area contributed by atoms with Gasteiger partial charge < -0.3 is 39.8 Å². The summed E-state index contributed by atoms with van der Waals surface area (Å²) in [5.41, 5.74) is 8.33. The van der Waals surface area contributed by atoms with Crippen molar-refractivity contribution in [3.05, 3.63) is 102 Å². The number of aldehydes is 1. The molecule has 5 heterocycles. The Hall–Kier alpha value is -6.64. The first-order valence-electron chi connectivity index (χ1n) is 24.6. The minimum Gasteiger partial charge on any atom is -0.356 e. The van der Waals surface area contributed by atoms with E-state index in [0.717, 1.165) is 82.5 Å². The molecule has 384 valence electrons. The Morgan fingerprint density at radius 3 is 2.47 bits per heavy atom. The average molecular weight is 1030 g/mol. The predicted molar refractivity (Wildman–Crippen MR) is 276 cm³/mol. The van der Waals surface area contributed by atoms with Crippen LogP contribution in [-0.4, -0.2) is 95.1 Å². The van der Waals surface area contributed by atoms with Crippen molar-refractivity contribution in [1.29, 1.82) is 0 Å². The number of aryl methyl sites for hydroxylation is 2. The number of benzene rings is 3. The standard InChI is InChI=1S/C51H60N11O9PS/c1-35-48-51(55-33-54-35)61(34-56-48)47-23-22-39(71-47)25-29-70-72(68,69)73-32-36-18-20-38(21-19-36)57-45(66)30-53-44(65)17-4-2-10-27-62-50-40-13-7-6-12-37(40)31-60(42-15-9-8-14-41(42)49(50)58-59-62)46(67)24-26-52-43(64)16-5-3-11-28-63/h6-9,12-15,18-21,28,33-34,39,47H,2-5,10-11,16-17,22-27,29-32H2,1H3,(H,52,64)(H,53,65)(H,57,66)(H,68,69)/t39-,47+/m0/s1. The van der Waals surface area contributed by atoms with Gasteiger partial charge >= 0.3 is 6.80 Å². The highest BCUT2D eigenvalue weighted by Crippen LogP contribution is 2.57. The van der Waals surface area contributed by atoms with Crippen LogP contribution in [0.4, 0.5) is 11.4 Å². The number of carbonyl (C=O) groups is 5. The van der Waals surface area contributed by atoms with Crippen LogP contribution in [0.15, 0.2) is 85.5 Å². The van der Waals surface area contributed by atoms with E-state index in [1.165, 1.54) is 6.33 Å². The molecule has 8 rings (SSSR count). The van der Waals surface area contributed by atoms with Crippen molar-refractivity contribution in [2.45, 2.75) is 115 Å². The van der Waals surface area contributed by atoms with E-state index in [2.05, 4.69) is 41.2 Å². The minimum absolute atomic E-state index is 0.0660. The van der Waals surface area contributed by atoms with Crippen LogP contribution in [0.1, 0.15) is 100 Å². The van der Waals surface area contributed by atoms with E-state index >= 15 is 0 Å². The Kier molecular flexibility index (Phi) is 18.3. The summed E-state index contributed by atoms with van der Waals surface area (Å²) >= 11 is 0.818. The van der Waals surface area contributed by atoms with Gasteiger partial charge in [0.15, 0.2) is 5.65 Å². The molecule has 4 N–H and O–H groups in total. The second-order valence-corrected chi connectivity index (χ2v) is 21.8. The summed E-state index contributed by atoms with van der Waals surface area (Å²) < 4.78 is 28.2. The Bertz CT molecular complexity index is 2950. The van der Waals surface area contributed by atoms with Gasteiger partial charge in [0, 0.05) is 61.3 Å². The molecule has 3 aromatic carbocycles. The molecule has 0 unspecified atom stereocenters. The number of ether oxygens (including phenoxy) is 1. The van der Waals surface area contributed by atoms with Gasteiger partial charge in [-0.2, -0.15) is 0 Å². The van der Waals surface area contributed by atoms with E-state index in [4.69, 9.17) is 9.26 Å². The monoisotopic (exact) mass is 1030 g/mol. The summed E-state index contributed by atoms with van der Waals surface area (Å²) in [5, 5.41) is 17.5. The summed E-state index contributed by atoms with van der Waals surface area (Å²) in [5.74, 6) is -0.691. The van der Waals surface area contributed by atoms with Crippen LogP contribution in [0.25, 0.3) is 33.7 Å². The SMILES string of the molecule is Cc1ncnc2c1ncn2[C@H]1CC[C@@H](CCO[P@@](=O)(O)SCc2ccc(NC(=O)CNC(=O)CCCCCn3nnc4c3-c3ccccc3CN(C(=O)CCNC(=O)CCCCC=O)c3ccccc3-4)cc2)O1. The lowest BCUT2D eigenvalue weighted by molar-refractivity contribution is -0.124. The Morgan fingerprint density at radius 2 is 1.64 bits per heavy atom. The van der Waals surface area contributed by atoms with E-state index in [1.807, 2.05) is 64.7 Å². The molecule has 4 amide bonds. The zero-order valence-corrected chi connectivity index (χ0v) is 42.4. The topological polar surface area (TPSA) is 255 Å². The maximum Gasteiger partial charge on any atom is 0.386 e. The van der Waals surface area contributed by atoms with Crippen LogP contribution >= 0.6 is 18.2 Å². The van der Waals surface area contributed by atoms with Crippen LogP contribution in [0.3, 0.4) is 0 Å². The second-order valence-electron chi connectivity index (χ2n) is 17.9. The van der Waals surface area contributed by atoms with Crippen molar-refractivity contribution >= 4 is 70.6 Å². The fourth-order valence-corrected chi connectivity index (χ4v) is 11.2. The van der Waals surface area contributed by atoms with Crippen molar-refractivity contribution in [3.8, 4) is 22.5 Å². The van der Waals surface area contributed by atoms with Crippen LogP contribution < -0.4 is 20.9 Å². The number of unbranched alkanes of at least 4 members (excludes halogenated alkanes) is 4. The molecule has 0 aliphatic carbocycles. The highest BCUT2D eigenvalue weighted by molar-refractivity contribution is 8.54. The van der Waals surface area contributed by atoms with Gasteiger partial charge in [-0.1, -0.05) is 66.2 Å². The fourth-order valence-electron chi connectivity index (χ4n) is 8.90. The number of imidazole rings is 1. The summed E-state index contributed by atoms with van der Waals surface area (Å²) in [6.07, 6.45) is 10.1. The van der Waals surface area contributed by atoms with Gasteiger partial charge in [0.05, 0.1) is 49.2 Å². The number of hydrogen-bond donors (Lipinski definition) is 4. The molecule has 2 aliphatic heterocycles. The third-order valence-electron chi connectivity index (χ3n) is 12.7. The summed E-state index contributed by atoms with van der Waals surface area (Å²) in [6, 6.07) is 22.4. The number of aromatic nitrogens is 7. The lowest BCUT2D eigenvalue weighted by atomic mass is 9.95. The first-order valence-corrected chi connectivity index (χ1v) is 27.8. The number of hydrogen-bond acceptors (Lipinski definition) is 14. The van der Waals surface area contributed by atoms with E-state index in [0.29, 0.717) is 74.3 Å². The molecule has 20 nitrogen and oxygen atoms in total. The Balaban J connectivity index is 0.732. The Labute approximate surface area is 426 Å². The summed E-state index contributed by atoms with van der Waals surface area (Å²) in [7, 11) is 0. The van der Waals surface area contributed by atoms with Gasteiger partial charge in [-0.25, -0.2) is 24.2 Å². The first-order chi connectivity index (χ1) is 35.5. The molecule has 0 bridgehead atoms. The van der Waals surface area contributed by atoms with Crippen molar-refractivity contribution in [2.75, 3.05) is 29.9 Å². The van der Waals surface area contributed by atoms with E-state index < -0.39 is 6.80 Å². The minimum atomic E-state index is -3.94. The largest absolute Gasteiger partial charge is 0.386 e. The number of para-hydroxylation sites is 1. The Morgan fingerprint density at radius 1 is 0.877 bits per heavy atom. The predicted octanol–water partition coefficient (Wildman–Crippen LogP) is 7.61. The van der Waals surface area contributed by atoms with Gasteiger partial charge in [-0.3, -0.25) is 23.7 Å². The molecule has 3 aromatic heterocycles. The van der Waals surface area contributed by atoms with Crippen molar-refractivity contribution in [2.24, 2.45) is 0 Å². The maximum atomic E-state index is 13.8. The van der Waals surface area contributed by atoms with Crippen molar-refractivity contribution < 1.29 is 42.7 Å². The lowest BCUT2D eigenvalue weighted by Crippen LogP contribution is -2.35. The summed E-state index contributed by atoms with van der Waals surface area (Å²) in [6.45, 7) is -1.14. The van der Waals surface area contributed by atoms with Crippen molar-refractivity contribution in [1.82, 2.24) is 45.1 Å². The third kappa shape index (κ3) is 14.1. The number of nitrogens with zero attached hydrogens (tertiary/aromatic N) is 8. The first kappa shape index (κ1) is 52.7. The molecule has 0 radical (unpaired) electrons. The lowest BCUT2D eigenvalue weighted by Gasteiger charge is -2.28. The second kappa shape index (κ2) is 25.3. The van der Waals surface area contributed by atoms with Crippen LogP contribution in [-0.2, 0) is 56.6 Å². The molecule has 3 atom stereocenters. The fraction of sp³-hybridized carbons (Fsp3) is 0.412. The smallest absolute Gasteiger partial charge is 0.356 e. The molecule has 1 saturated heterocycles. The molecular weight excluding hydrogens is 974 g/mol. The zero-order chi connectivity index (χ0) is 51.2. The van der Waals surface area contributed by atoms with Crippen molar-refractivity contribution in [3.63, 3.8) is 0 Å². The van der Waals surface area contributed by atoms with Gasteiger partial charge in [0.1, 0.15) is 30.1 Å². The third-order valence-corrected chi connectivity index (χ3v) is 15.7. The molecule has 73 heavy (non-hydrogen) atoms. The summed E-state index contributed by atoms with van der Waals surface area (Å²) in [4.78, 5) is 87.3. The molecule has 6 aromatic rings. The van der Waals surface area contributed by atoms with Crippen LogP contribution in [0.2, 0.25) is 0 Å². The highest BCUT2D eigenvalue weighted by atomic mass is 32.7. The number of rotatable bonds is 25.